The van der Waals surface area contributed by atoms with Gasteiger partial charge in [-0.05, 0) is 61.6 Å². The van der Waals surface area contributed by atoms with Crippen LogP contribution in [0.1, 0.15) is 43.4 Å². The number of carbonyl (C=O) groups is 4. The van der Waals surface area contributed by atoms with Crippen LogP contribution in [0.15, 0.2) is 110 Å². The number of aliphatic hydroxyl groups excluding tert-OH is 1. The summed E-state index contributed by atoms with van der Waals surface area (Å²) in [6, 6.07) is 22.9. The highest BCUT2D eigenvalue weighted by atomic mass is 79.9. The molecule has 1 spiro atoms. The molecule has 0 aliphatic carbocycles. The maximum absolute atomic E-state index is 15.2. The highest BCUT2D eigenvalue weighted by Crippen LogP contribution is 2.61. The number of likely N-dealkylation sites (tertiary alicyclic amines) is 1. The summed E-state index contributed by atoms with van der Waals surface area (Å²) in [5, 5.41) is 13.9. The Morgan fingerprint density at radius 2 is 1.73 bits per heavy atom. The number of esters is 1. The molecule has 6 rings (SSSR count). The summed E-state index contributed by atoms with van der Waals surface area (Å²) in [5.74, 6) is -3.37. The number of anilines is 1. The van der Waals surface area contributed by atoms with Crippen LogP contribution in [0.5, 0.6) is 5.75 Å². The Morgan fingerprint density at radius 1 is 1.05 bits per heavy atom. The van der Waals surface area contributed by atoms with E-state index in [4.69, 9.17) is 14.2 Å². The Labute approximate surface area is 330 Å². The van der Waals surface area contributed by atoms with Gasteiger partial charge in [-0.15, -0.1) is 13.2 Å². The van der Waals surface area contributed by atoms with Crippen LogP contribution >= 0.6 is 15.9 Å². The van der Waals surface area contributed by atoms with Crippen molar-refractivity contribution in [2.24, 2.45) is 11.8 Å². The number of aliphatic hydroxyl groups is 1. The smallest absolute Gasteiger partial charge is 0.313 e. The quantitative estimate of drug-likeness (QED) is 0.106. The zero-order valence-electron chi connectivity index (χ0n) is 31.1. The minimum Gasteiger partial charge on any atom is -0.497 e. The largest absolute Gasteiger partial charge is 0.497 e. The van der Waals surface area contributed by atoms with E-state index < -0.39 is 77.0 Å². The summed E-state index contributed by atoms with van der Waals surface area (Å²) in [6.07, 6.45) is 2.83. The van der Waals surface area contributed by atoms with Gasteiger partial charge in [0.15, 0.2) is 0 Å². The van der Waals surface area contributed by atoms with E-state index in [1.807, 2.05) is 60.7 Å². The van der Waals surface area contributed by atoms with E-state index in [0.29, 0.717) is 23.4 Å². The van der Waals surface area contributed by atoms with E-state index in [1.54, 1.807) is 55.4 Å². The molecular weight excluding hydrogens is 766 g/mol. The zero-order chi connectivity index (χ0) is 39.3. The lowest BCUT2D eigenvalue weighted by Crippen LogP contribution is -2.59. The zero-order valence-corrected chi connectivity index (χ0v) is 32.7. The first kappa shape index (κ1) is 39.9. The number of methoxy groups -OCH3 is 1. The third-order valence-electron chi connectivity index (χ3n) is 10.9. The van der Waals surface area contributed by atoms with Crippen LogP contribution in [0.4, 0.5) is 5.69 Å². The predicted octanol–water partition coefficient (Wildman–Crippen LogP) is 5.32. The second-order valence-electron chi connectivity index (χ2n) is 14.3. The number of hydrogen-bond acceptors (Lipinski definition) is 8. The van der Waals surface area contributed by atoms with Crippen LogP contribution < -0.4 is 15.0 Å². The molecule has 3 aromatic rings. The molecule has 3 fully saturated rings. The topological polar surface area (TPSA) is 135 Å². The number of halogens is 1. The average molecular weight is 815 g/mol. The van der Waals surface area contributed by atoms with Crippen molar-refractivity contribution in [1.29, 1.82) is 0 Å². The van der Waals surface area contributed by atoms with Crippen molar-refractivity contribution < 1.29 is 38.5 Å². The van der Waals surface area contributed by atoms with Gasteiger partial charge in [0.25, 0.3) is 5.91 Å². The van der Waals surface area contributed by atoms with E-state index in [9.17, 15) is 14.7 Å². The summed E-state index contributed by atoms with van der Waals surface area (Å²) in [4.78, 5) is 60.3. The lowest BCUT2D eigenvalue weighted by Gasteiger charge is -2.39. The Balaban J connectivity index is 1.40. The fourth-order valence-corrected chi connectivity index (χ4v) is 9.39. The van der Waals surface area contributed by atoms with Gasteiger partial charge in [0.1, 0.15) is 23.5 Å². The number of alkyl halides is 1. The van der Waals surface area contributed by atoms with Crippen LogP contribution in [0.3, 0.4) is 0 Å². The molecular formula is C43H48BrN3O8. The number of ether oxygens (including phenoxy) is 3. The molecule has 0 radical (unpaired) electrons. The minimum absolute atomic E-state index is 0.120. The molecule has 3 amide bonds. The third kappa shape index (κ3) is 7.85. The summed E-state index contributed by atoms with van der Waals surface area (Å²) in [5.41, 5.74) is 0.647. The van der Waals surface area contributed by atoms with Crippen molar-refractivity contribution in [3.05, 3.63) is 121 Å². The van der Waals surface area contributed by atoms with Crippen molar-refractivity contribution in [2.75, 3.05) is 25.2 Å². The number of amides is 3. The van der Waals surface area contributed by atoms with Gasteiger partial charge in [-0.2, -0.15) is 0 Å². The van der Waals surface area contributed by atoms with Crippen LogP contribution in [0.25, 0.3) is 0 Å². The molecule has 3 saturated heterocycles. The number of carbonyl (C=O) groups excluding carboxylic acids is 4. The minimum atomic E-state index is -1.43. The van der Waals surface area contributed by atoms with E-state index in [1.165, 1.54) is 4.90 Å². The molecule has 3 aliphatic rings. The van der Waals surface area contributed by atoms with Crippen molar-refractivity contribution in [1.82, 2.24) is 10.2 Å². The predicted molar refractivity (Wildman–Crippen MR) is 211 cm³/mol. The summed E-state index contributed by atoms with van der Waals surface area (Å²) in [6.45, 7) is 9.04. The van der Waals surface area contributed by atoms with Crippen LogP contribution in [-0.2, 0) is 35.1 Å². The summed E-state index contributed by atoms with van der Waals surface area (Å²) >= 11 is 3.75. The molecule has 0 aromatic heterocycles. The van der Waals surface area contributed by atoms with E-state index in [2.05, 4.69) is 34.4 Å². The lowest BCUT2D eigenvalue weighted by atomic mass is 9.70. The van der Waals surface area contributed by atoms with Crippen LogP contribution in [-0.4, -0.2) is 88.6 Å². The number of benzene rings is 3. The summed E-state index contributed by atoms with van der Waals surface area (Å²) < 4.78 is 18.5. The Bertz CT molecular complexity index is 1860. The maximum Gasteiger partial charge on any atom is 0.313 e. The molecule has 1 unspecified atom stereocenters. The highest BCUT2D eigenvalue weighted by molar-refractivity contribution is 9.09. The Hall–Kier alpha value is -4.78. The van der Waals surface area contributed by atoms with Crippen molar-refractivity contribution in [3.63, 3.8) is 0 Å². The molecule has 290 valence electrons. The van der Waals surface area contributed by atoms with Gasteiger partial charge < -0.3 is 34.4 Å². The first-order valence-corrected chi connectivity index (χ1v) is 19.5. The molecule has 2 N–H and O–H groups in total. The second-order valence-corrected chi connectivity index (χ2v) is 15.5. The van der Waals surface area contributed by atoms with Crippen molar-refractivity contribution >= 4 is 45.3 Å². The number of fused-ring (bicyclic) bond motifs is 1. The molecule has 3 aliphatic heterocycles. The summed E-state index contributed by atoms with van der Waals surface area (Å²) in [7, 11) is 1.56. The van der Waals surface area contributed by atoms with E-state index in [-0.39, 0.29) is 31.7 Å². The van der Waals surface area contributed by atoms with Gasteiger partial charge in [0.05, 0.1) is 43.7 Å². The number of allylic oxidation sites excluding steroid dienone is 1. The van der Waals surface area contributed by atoms with Gasteiger partial charge >= 0.3 is 5.97 Å². The monoisotopic (exact) mass is 813 g/mol. The standard InChI is InChI=1S/C43H48BrN3O8/c1-5-7-18-34(49)45-27(3)37(29-16-12-9-13-17-29)54-42(52)35-36-40(50)47(31(26-48)24-28-14-10-8-11-15-28)39(43(36)25-33(44)38(35)55-43)41(51)46(23-6-2)30-19-21-32(53-4)22-20-30/h5-6,8-17,19-22,27,31,33,35-39,48H,1-2,7,18,23-26H2,3-4H3,(H,45,49)/t27-,31-,33?,35+,36-,37-,38+,39+,43-/m1/s1. The normalized spacial score (nSPS) is 25.3. The molecule has 3 aromatic carbocycles. The Morgan fingerprint density at radius 3 is 2.35 bits per heavy atom. The number of nitrogens with zero attached hydrogens (tertiary/aromatic N) is 2. The first-order chi connectivity index (χ1) is 26.6. The SMILES string of the molecule is C=CCCC(=O)N[C@H](C)[C@@H](OC(=O)[C@@H]1[C@H]2O[C@@]3(CC2Br)[C@H](C(=O)N(CC=C)c2ccc(OC)cc2)N([C@@H](CO)Cc2ccccc2)C(=O)[C@@H]13)c1ccccc1. The van der Waals surface area contributed by atoms with Gasteiger partial charge in [-0.1, -0.05) is 88.7 Å². The average Bonchev–Trinajstić information content (AvgIpc) is 3.80. The maximum atomic E-state index is 15.2. The first-order valence-electron chi connectivity index (χ1n) is 18.6. The van der Waals surface area contributed by atoms with Gasteiger partial charge in [-0.25, -0.2) is 0 Å². The number of hydrogen-bond donors (Lipinski definition) is 2. The molecule has 2 bridgehead atoms. The fourth-order valence-electron chi connectivity index (χ4n) is 8.45. The fraction of sp³-hybridized carbons (Fsp3) is 0.395. The molecule has 55 heavy (non-hydrogen) atoms. The third-order valence-corrected chi connectivity index (χ3v) is 11.7. The van der Waals surface area contributed by atoms with Gasteiger partial charge in [-0.3, -0.25) is 19.2 Å². The highest BCUT2D eigenvalue weighted by Gasteiger charge is 2.77. The molecule has 9 atom stereocenters. The van der Waals surface area contributed by atoms with E-state index in [0.717, 1.165) is 5.56 Å². The van der Waals surface area contributed by atoms with Crippen molar-refractivity contribution in [3.8, 4) is 5.75 Å². The Kier molecular flexibility index (Phi) is 12.6. The van der Waals surface area contributed by atoms with Gasteiger partial charge in [0, 0.05) is 23.5 Å². The van der Waals surface area contributed by atoms with Gasteiger partial charge in [0.2, 0.25) is 11.8 Å². The molecule has 3 heterocycles. The van der Waals surface area contributed by atoms with Crippen LogP contribution in [0.2, 0.25) is 0 Å². The molecule has 11 nitrogen and oxygen atoms in total. The van der Waals surface area contributed by atoms with Crippen molar-refractivity contribution in [2.45, 2.75) is 73.4 Å². The van der Waals surface area contributed by atoms with Crippen LogP contribution in [0, 0.1) is 11.8 Å². The lowest BCUT2D eigenvalue weighted by molar-refractivity contribution is -0.162. The number of rotatable bonds is 17. The number of nitrogens with one attached hydrogen (secondary N) is 1. The molecule has 0 saturated carbocycles. The molecule has 12 heteroatoms. The van der Waals surface area contributed by atoms with E-state index >= 15 is 9.59 Å². The second kappa shape index (κ2) is 17.3.